The van der Waals surface area contributed by atoms with E-state index in [4.69, 9.17) is 0 Å². The second kappa shape index (κ2) is 9.69. The van der Waals surface area contributed by atoms with Crippen molar-refractivity contribution >= 4 is 24.2 Å². The molecule has 0 aliphatic carbocycles. The molecule has 0 spiro atoms. The first-order chi connectivity index (χ1) is 15.9. The fraction of sp³-hybridized carbons (Fsp3) is 0.172. The largest absolute Gasteiger partial charge is 0.217 e. The summed E-state index contributed by atoms with van der Waals surface area (Å²) in [6.45, 7) is 2.29. The van der Waals surface area contributed by atoms with Gasteiger partial charge in [0.15, 0.2) is 0 Å². The quantitative estimate of drug-likeness (QED) is 0.280. The molecule has 2 nitrogen and oxygen atoms in total. The van der Waals surface area contributed by atoms with Crippen LogP contribution >= 0.6 is 7.56 Å². The number of hydrogen-bond acceptors (Lipinski definition) is 2. The summed E-state index contributed by atoms with van der Waals surface area (Å²) in [5, 5.41) is 1.44. The minimum atomic E-state index is -2.01. The van der Waals surface area contributed by atoms with Gasteiger partial charge in [-0.25, -0.2) is 0 Å². The molecule has 5 rings (SSSR count). The lowest BCUT2D eigenvalue weighted by Gasteiger charge is -2.42. The van der Waals surface area contributed by atoms with Gasteiger partial charge in [0.25, 0.3) is 0 Å². The molecule has 1 atom stereocenters. The molecule has 0 bridgehead atoms. The van der Waals surface area contributed by atoms with E-state index in [1.165, 1.54) is 35.1 Å². The normalized spacial score (nSPS) is 15.9. The fourth-order valence-corrected chi connectivity index (χ4v) is 9.55. The number of benzene rings is 4. The molecule has 1 unspecified atom stereocenters. The highest BCUT2D eigenvalue weighted by Gasteiger charge is 2.54. The number of rotatable bonds is 7. The number of hydrogen-bond donors (Lipinski definition) is 0. The summed E-state index contributed by atoms with van der Waals surface area (Å²) in [6, 6.07) is 44.3. The van der Waals surface area contributed by atoms with Crippen LogP contribution in [0.15, 0.2) is 121 Å². The van der Waals surface area contributed by atoms with Gasteiger partial charge in [-0.3, -0.25) is 0 Å². The van der Waals surface area contributed by atoms with Crippen molar-refractivity contribution in [2.24, 2.45) is 0 Å². The molecule has 4 aromatic carbocycles. The Balaban J connectivity index is 1.79. The maximum atomic E-state index is 2.81. The maximum absolute atomic E-state index is 2.81. The molecule has 1 fully saturated rings. The van der Waals surface area contributed by atoms with Gasteiger partial charge in [0.2, 0.25) is 7.56 Å². The van der Waals surface area contributed by atoms with Gasteiger partial charge < -0.3 is 0 Å². The monoisotopic (exact) mass is 437 g/mol. The molecule has 0 amide bonds. The summed E-state index contributed by atoms with van der Waals surface area (Å²) < 4.78 is 5.50. The lowest BCUT2D eigenvalue weighted by Crippen LogP contribution is -2.39. The Hall–Kier alpha value is -2.93. The van der Waals surface area contributed by atoms with Gasteiger partial charge in [-0.05, 0) is 54.8 Å². The van der Waals surface area contributed by atoms with Gasteiger partial charge in [-0.15, -0.1) is 0 Å². The molecule has 1 heterocycles. The molecule has 160 valence electrons. The lowest BCUT2D eigenvalue weighted by molar-refractivity contribution is 0.554. The van der Waals surface area contributed by atoms with E-state index in [1.807, 2.05) is 0 Å². The standard InChI is InChI=1S/C29H30N2P/c1-5-15-26(16-6-1)25-32(30-23-13-14-24-30,29-21-11-4-12-22-29)31(27-17-7-2-8-18-27)28-19-9-3-10-20-28/h1-12,15-22H,13-14,23-25H2/q+1. The third-order valence-corrected chi connectivity index (χ3v) is 10.7. The molecule has 0 N–H and O–H groups in total. The van der Waals surface area contributed by atoms with E-state index >= 15 is 0 Å². The van der Waals surface area contributed by atoms with Crippen molar-refractivity contribution in [1.29, 1.82) is 0 Å². The van der Waals surface area contributed by atoms with Crippen LogP contribution < -0.4 is 9.97 Å². The van der Waals surface area contributed by atoms with E-state index in [-0.39, 0.29) is 0 Å². The minimum absolute atomic E-state index is 1.02. The summed E-state index contributed by atoms with van der Waals surface area (Å²) in [6.07, 6.45) is 3.54. The highest BCUT2D eigenvalue weighted by atomic mass is 31.2. The molecule has 1 saturated heterocycles. The topological polar surface area (TPSA) is 6.48 Å². The van der Waals surface area contributed by atoms with Gasteiger partial charge in [0, 0.05) is 13.1 Å². The summed E-state index contributed by atoms with van der Waals surface area (Å²) >= 11 is 0. The van der Waals surface area contributed by atoms with Crippen LogP contribution in [0.1, 0.15) is 18.4 Å². The molecule has 3 heteroatoms. The van der Waals surface area contributed by atoms with Gasteiger partial charge in [-0.1, -0.05) is 84.9 Å². The first kappa shape index (κ1) is 20.9. The van der Waals surface area contributed by atoms with Gasteiger partial charge >= 0.3 is 0 Å². The van der Waals surface area contributed by atoms with Crippen molar-refractivity contribution in [2.45, 2.75) is 19.0 Å². The summed E-state index contributed by atoms with van der Waals surface area (Å²) in [4.78, 5) is 0. The highest BCUT2D eigenvalue weighted by Crippen LogP contribution is 2.70. The van der Waals surface area contributed by atoms with E-state index in [0.717, 1.165) is 19.3 Å². The zero-order chi connectivity index (χ0) is 21.6. The Morgan fingerprint density at radius 3 is 1.50 bits per heavy atom. The average Bonchev–Trinajstić information content (AvgIpc) is 3.42. The molecule has 1 aliphatic rings. The summed E-state index contributed by atoms with van der Waals surface area (Å²) in [5.74, 6) is 0. The van der Waals surface area contributed by atoms with Crippen LogP contribution in [-0.2, 0) is 6.16 Å². The highest BCUT2D eigenvalue weighted by molar-refractivity contribution is 7.81. The molecule has 0 aromatic heterocycles. The Kier molecular flexibility index (Phi) is 6.34. The first-order valence-corrected chi connectivity index (χ1v) is 13.4. The molecular weight excluding hydrogens is 407 g/mol. The van der Waals surface area contributed by atoms with Crippen LogP contribution in [0.25, 0.3) is 0 Å². The zero-order valence-electron chi connectivity index (χ0n) is 18.4. The van der Waals surface area contributed by atoms with Crippen LogP contribution in [0, 0.1) is 0 Å². The van der Waals surface area contributed by atoms with E-state index in [2.05, 4.69) is 131 Å². The van der Waals surface area contributed by atoms with Crippen molar-refractivity contribution in [1.82, 2.24) is 4.67 Å². The summed E-state index contributed by atoms with van der Waals surface area (Å²) in [7, 11) is -2.01. The molecule has 0 saturated carbocycles. The number of nitrogens with zero attached hydrogens (tertiary/aromatic N) is 2. The molecule has 1 aliphatic heterocycles. The Morgan fingerprint density at radius 1 is 0.562 bits per heavy atom. The predicted octanol–water partition coefficient (Wildman–Crippen LogP) is 7.29. The molecular formula is C29H30N2P+. The molecule has 4 aromatic rings. The van der Waals surface area contributed by atoms with Crippen molar-refractivity contribution in [3.8, 4) is 0 Å². The van der Waals surface area contributed by atoms with Crippen molar-refractivity contribution in [3.05, 3.63) is 127 Å². The number of anilines is 2. The second-order valence-electron chi connectivity index (χ2n) is 8.35. The molecule has 32 heavy (non-hydrogen) atoms. The lowest BCUT2D eigenvalue weighted by atomic mass is 10.2. The van der Waals surface area contributed by atoms with Crippen molar-refractivity contribution in [3.63, 3.8) is 0 Å². The summed E-state index contributed by atoms with van der Waals surface area (Å²) in [5.41, 5.74) is 3.92. The van der Waals surface area contributed by atoms with Crippen LogP contribution in [0.3, 0.4) is 0 Å². The third kappa shape index (κ3) is 4.09. The van der Waals surface area contributed by atoms with E-state index in [0.29, 0.717) is 0 Å². The van der Waals surface area contributed by atoms with E-state index in [1.54, 1.807) is 0 Å². The Labute approximate surface area is 192 Å². The van der Waals surface area contributed by atoms with Crippen molar-refractivity contribution < 1.29 is 0 Å². The van der Waals surface area contributed by atoms with Gasteiger partial charge in [0.05, 0.1) is 11.4 Å². The SMILES string of the molecule is c1ccc(C[P+](c2ccccc2)(N2CCCC2)N(c2ccccc2)c2ccccc2)cc1. The average molecular weight is 438 g/mol. The first-order valence-electron chi connectivity index (χ1n) is 11.5. The smallest absolute Gasteiger partial charge is 0.196 e. The fourth-order valence-electron chi connectivity index (χ4n) is 4.87. The minimum Gasteiger partial charge on any atom is -0.196 e. The third-order valence-electron chi connectivity index (χ3n) is 6.30. The van der Waals surface area contributed by atoms with Gasteiger partial charge in [0.1, 0.15) is 11.5 Å². The van der Waals surface area contributed by atoms with Gasteiger partial charge in [-0.2, -0.15) is 9.34 Å². The van der Waals surface area contributed by atoms with Crippen molar-refractivity contribution in [2.75, 3.05) is 17.8 Å². The van der Waals surface area contributed by atoms with Crippen LogP contribution in [0.5, 0.6) is 0 Å². The van der Waals surface area contributed by atoms with E-state index < -0.39 is 7.56 Å². The predicted molar refractivity (Wildman–Crippen MR) is 139 cm³/mol. The Bertz CT molecular complexity index is 1060. The zero-order valence-corrected chi connectivity index (χ0v) is 19.3. The maximum Gasteiger partial charge on any atom is 0.217 e. The van der Waals surface area contributed by atoms with Crippen LogP contribution in [0.4, 0.5) is 11.4 Å². The number of para-hydroxylation sites is 2. The Morgan fingerprint density at radius 2 is 1.00 bits per heavy atom. The van der Waals surface area contributed by atoms with Crippen LogP contribution in [-0.4, -0.2) is 17.8 Å². The van der Waals surface area contributed by atoms with E-state index in [9.17, 15) is 0 Å². The second-order valence-corrected chi connectivity index (χ2v) is 11.6. The molecule has 0 radical (unpaired) electrons. The van der Waals surface area contributed by atoms with Crippen LogP contribution in [0.2, 0.25) is 0 Å².